The van der Waals surface area contributed by atoms with Crippen molar-refractivity contribution in [2.45, 2.75) is 32.1 Å². The van der Waals surface area contributed by atoms with Gasteiger partial charge in [-0.05, 0) is 37.5 Å². The van der Waals surface area contributed by atoms with Crippen LogP contribution in [0.4, 0.5) is 0 Å². The quantitative estimate of drug-likeness (QED) is 0.462. The number of fused-ring (bicyclic) bond motifs is 1. The number of hydrogen-bond acceptors (Lipinski definition) is 0. The normalized spacial score (nSPS) is 37.5. The Morgan fingerprint density at radius 1 is 1.00 bits per heavy atom. The molecular weight excluding hydrogens is 132 g/mol. The highest BCUT2D eigenvalue weighted by Crippen LogP contribution is 2.48. The zero-order valence-corrected chi connectivity index (χ0v) is 7.10. The topological polar surface area (TPSA) is 0 Å². The van der Waals surface area contributed by atoms with Crippen LogP contribution in [-0.4, -0.2) is 0 Å². The van der Waals surface area contributed by atoms with Crippen LogP contribution in [0, 0.1) is 11.8 Å². The van der Waals surface area contributed by atoms with Gasteiger partial charge in [0.25, 0.3) is 0 Å². The molecule has 0 radical (unpaired) electrons. The van der Waals surface area contributed by atoms with Crippen molar-refractivity contribution in [3.05, 3.63) is 24.3 Å². The zero-order valence-electron chi connectivity index (χ0n) is 7.10. The SMILES string of the molecule is C=C1CC2C(=C)CCCCC12. The summed E-state index contributed by atoms with van der Waals surface area (Å²) >= 11 is 0. The standard InChI is InChI=1S/C11H16/c1-8-5-3-4-6-10-9(2)7-11(8)10/h10-11H,1-7H2. The van der Waals surface area contributed by atoms with Crippen molar-refractivity contribution in [2.24, 2.45) is 11.8 Å². The lowest BCUT2D eigenvalue weighted by Crippen LogP contribution is -2.28. The van der Waals surface area contributed by atoms with Crippen molar-refractivity contribution in [2.75, 3.05) is 0 Å². The summed E-state index contributed by atoms with van der Waals surface area (Å²) in [5.41, 5.74) is 2.98. The minimum absolute atomic E-state index is 0.824. The van der Waals surface area contributed by atoms with Gasteiger partial charge in [-0.25, -0.2) is 0 Å². The molecule has 60 valence electrons. The first-order valence-corrected chi connectivity index (χ1v) is 4.64. The summed E-state index contributed by atoms with van der Waals surface area (Å²) in [6.07, 6.45) is 6.64. The fourth-order valence-electron chi connectivity index (χ4n) is 2.44. The smallest absolute Gasteiger partial charge is 0.0103 e. The monoisotopic (exact) mass is 148 g/mol. The third kappa shape index (κ3) is 1.05. The van der Waals surface area contributed by atoms with Crippen LogP contribution < -0.4 is 0 Å². The van der Waals surface area contributed by atoms with Crippen LogP contribution in [0.15, 0.2) is 24.3 Å². The average Bonchev–Trinajstić information content (AvgIpc) is 2.11. The largest absolute Gasteiger partial charge is 0.0995 e. The van der Waals surface area contributed by atoms with E-state index >= 15 is 0 Å². The van der Waals surface area contributed by atoms with E-state index in [9.17, 15) is 0 Å². The maximum atomic E-state index is 4.15. The van der Waals surface area contributed by atoms with E-state index in [0.717, 1.165) is 11.8 Å². The van der Waals surface area contributed by atoms with Gasteiger partial charge < -0.3 is 0 Å². The first-order valence-electron chi connectivity index (χ1n) is 4.64. The average molecular weight is 148 g/mol. The Labute approximate surface area is 69.0 Å². The van der Waals surface area contributed by atoms with Crippen LogP contribution in [0.25, 0.3) is 0 Å². The van der Waals surface area contributed by atoms with Crippen molar-refractivity contribution >= 4 is 0 Å². The van der Waals surface area contributed by atoms with Crippen molar-refractivity contribution in [3.8, 4) is 0 Å². The van der Waals surface area contributed by atoms with Crippen molar-refractivity contribution in [3.63, 3.8) is 0 Å². The summed E-state index contributed by atoms with van der Waals surface area (Å²) in [7, 11) is 0. The molecule has 0 heteroatoms. The minimum atomic E-state index is 0.824. The fourth-order valence-corrected chi connectivity index (χ4v) is 2.44. The van der Waals surface area contributed by atoms with Crippen molar-refractivity contribution < 1.29 is 0 Å². The van der Waals surface area contributed by atoms with Crippen LogP contribution in [0.1, 0.15) is 32.1 Å². The molecular formula is C11H16. The summed E-state index contributed by atoms with van der Waals surface area (Å²) in [6, 6.07) is 0. The molecule has 2 unspecified atom stereocenters. The fraction of sp³-hybridized carbons (Fsp3) is 0.636. The zero-order chi connectivity index (χ0) is 7.84. The third-order valence-corrected chi connectivity index (χ3v) is 3.28. The van der Waals surface area contributed by atoms with Gasteiger partial charge in [0.15, 0.2) is 0 Å². The van der Waals surface area contributed by atoms with E-state index in [2.05, 4.69) is 13.2 Å². The van der Waals surface area contributed by atoms with Gasteiger partial charge in [-0.2, -0.15) is 0 Å². The molecule has 0 spiro atoms. The first-order chi connectivity index (χ1) is 5.29. The van der Waals surface area contributed by atoms with E-state index in [1.807, 2.05) is 0 Å². The van der Waals surface area contributed by atoms with Crippen LogP contribution in [0.2, 0.25) is 0 Å². The van der Waals surface area contributed by atoms with E-state index in [4.69, 9.17) is 0 Å². The number of rotatable bonds is 0. The molecule has 2 fully saturated rings. The van der Waals surface area contributed by atoms with Crippen molar-refractivity contribution in [1.82, 2.24) is 0 Å². The van der Waals surface area contributed by atoms with Gasteiger partial charge in [-0.3, -0.25) is 0 Å². The van der Waals surface area contributed by atoms with Gasteiger partial charge in [0.2, 0.25) is 0 Å². The Bertz CT molecular complexity index is 200. The molecule has 0 aromatic heterocycles. The summed E-state index contributed by atoms with van der Waals surface area (Å²) < 4.78 is 0. The summed E-state index contributed by atoms with van der Waals surface area (Å²) in [5, 5.41) is 0. The molecule has 0 amide bonds. The first kappa shape index (κ1) is 7.15. The molecule has 2 rings (SSSR count). The molecule has 0 aliphatic heterocycles. The molecule has 0 N–H and O–H groups in total. The summed E-state index contributed by atoms with van der Waals surface area (Å²) in [6.45, 7) is 8.23. The second-order valence-electron chi connectivity index (χ2n) is 3.98. The summed E-state index contributed by atoms with van der Waals surface area (Å²) in [4.78, 5) is 0. The van der Waals surface area contributed by atoms with E-state index in [-0.39, 0.29) is 0 Å². The minimum Gasteiger partial charge on any atom is -0.0995 e. The third-order valence-electron chi connectivity index (χ3n) is 3.28. The van der Waals surface area contributed by atoms with E-state index in [0.29, 0.717) is 0 Å². The van der Waals surface area contributed by atoms with Crippen LogP contribution in [-0.2, 0) is 0 Å². The maximum absolute atomic E-state index is 4.15. The van der Waals surface area contributed by atoms with Gasteiger partial charge in [-0.1, -0.05) is 30.7 Å². The Hall–Kier alpha value is -0.520. The molecule has 2 atom stereocenters. The Morgan fingerprint density at radius 3 is 2.55 bits per heavy atom. The van der Waals surface area contributed by atoms with E-state index < -0.39 is 0 Å². The molecule has 2 saturated carbocycles. The number of hydrogen-bond donors (Lipinski definition) is 0. The highest BCUT2D eigenvalue weighted by molar-refractivity contribution is 5.24. The second kappa shape index (κ2) is 2.51. The van der Waals surface area contributed by atoms with E-state index in [1.165, 1.54) is 43.3 Å². The van der Waals surface area contributed by atoms with Gasteiger partial charge in [0.05, 0.1) is 0 Å². The molecule has 11 heavy (non-hydrogen) atoms. The molecule has 0 bridgehead atoms. The van der Waals surface area contributed by atoms with Crippen LogP contribution in [0.5, 0.6) is 0 Å². The Morgan fingerprint density at radius 2 is 1.82 bits per heavy atom. The molecule has 0 nitrogen and oxygen atoms in total. The predicted molar refractivity (Wildman–Crippen MR) is 48.3 cm³/mol. The predicted octanol–water partition coefficient (Wildman–Crippen LogP) is 3.31. The Kier molecular flexibility index (Phi) is 1.63. The lowest BCUT2D eigenvalue weighted by Gasteiger charge is -2.39. The van der Waals surface area contributed by atoms with Crippen LogP contribution >= 0.6 is 0 Å². The maximum Gasteiger partial charge on any atom is -0.0103 e. The highest BCUT2D eigenvalue weighted by atomic mass is 14.4. The van der Waals surface area contributed by atoms with Crippen LogP contribution in [0.3, 0.4) is 0 Å². The summed E-state index contributed by atoms with van der Waals surface area (Å²) in [5.74, 6) is 1.65. The second-order valence-corrected chi connectivity index (χ2v) is 3.98. The van der Waals surface area contributed by atoms with Gasteiger partial charge in [0.1, 0.15) is 0 Å². The van der Waals surface area contributed by atoms with Crippen molar-refractivity contribution in [1.29, 1.82) is 0 Å². The molecule has 2 aliphatic rings. The Balaban J connectivity index is 2.11. The highest BCUT2D eigenvalue weighted by Gasteiger charge is 2.36. The molecule has 0 saturated heterocycles. The lowest BCUT2D eigenvalue weighted by molar-refractivity contribution is 0.312. The molecule has 0 heterocycles. The van der Waals surface area contributed by atoms with Gasteiger partial charge in [-0.15, -0.1) is 0 Å². The molecule has 2 aliphatic carbocycles. The lowest BCUT2D eigenvalue weighted by atomic mass is 9.66. The molecule has 0 aromatic carbocycles. The van der Waals surface area contributed by atoms with E-state index in [1.54, 1.807) is 0 Å². The van der Waals surface area contributed by atoms with Gasteiger partial charge in [0, 0.05) is 0 Å². The number of allylic oxidation sites excluding steroid dienone is 2. The molecule has 0 aromatic rings. The van der Waals surface area contributed by atoms with Gasteiger partial charge >= 0.3 is 0 Å².